The monoisotopic (exact) mass is 155 g/mol. The fourth-order valence-electron chi connectivity index (χ4n) is 1.26. The summed E-state index contributed by atoms with van der Waals surface area (Å²) in [6.45, 7) is 6.30. The summed E-state index contributed by atoms with van der Waals surface area (Å²) in [5.41, 5.74) is 2.45. The van der Waals surface area contributed by atoms with Crippen molar-refractivity contribution in [2.45, 2.75) is 20.3 Å². The van der Waals surface area contributed by atoms with Gasteiger partial charge in [-0.15, -0.1) is 0 Å². The van der Waals surface area contributed by atoms with Gasteiger partial charge in [0.05, 0.1) is 0 Å². The van der Waals surface area contributed by atoms with Crippen LogP contribution in [0.25, 0.3) is 0 Å². The van der Waals surface area contributed by atoms with Crippen LogP contribution in [-0.4, -0.2) is 39.2 Å². The van der Waals surface area contributed by atoms with Crippen LogP contribution in [0.4, 0.5) is 0 Å². The third-order valence-electron chi connectivity index (χ3n) is 2.03. The Morgan fingerprint density at radius 1 is 1.67 bits per heavy atom. The molecule has 1 aliphatic rings. The zero-order valence-electron chi connectivity index (χ0n) is 7.80. The van der Waals surface area contributed by atoms with Gasteiger partial charge < -0.3 is 0 Å². The van der Waals surface area contributed by atoms with Crippen molar-refractivity contribution in [1.29, 1.82) is 0 Å². The van der Waals surface area contributed by atoms with E-state index in [4.69, 9.17) is 0 Å². The maximum absolute atomic E-state index is 4.45. The summed E-state index contributed by atoms with van der Waals surface area (Å²) in [5, 5.41) is 1.33. The molecule has 1 nitrogen and oxygen atoms in total. The normalized spacial score (nSPS) is 15.9. The summed E-state index contributed by atoms with van der Waals surface area (Å²) in [5.74, 6) is 3.76. The molecule has 1 heterocycles. The zero-order chi connectivity index (χ0) is 8.97. The Hall–Kier alpha value is -0.655. The van der Waals surface area contributed by atoms with E-state index >= 15 is 0 Å². The standard InChI is InChI=1S/C8H12B3N/c1-3-7-11-8(6(2)12-7)10-5-4-9/h4-5,9,11H,3H2,1-2H3. The topological polar surface area (TPSA) is 12.4 Å². The number of nitrogens with zero attached hydrogens (tertiary/aromatic N) is 1. The average molecular weight is 155 g/mol. The first-order valence-corrected chi connectivity index (χ1v) is 4.33. The molecule has 0 bridgehead atoms. The summed E-state index contributed by atoms with van der Waals surface area (Å²) in [6, 6.07) is 0. The van der Waals surface area contributed by atoms with Crippen molar-refractivity contribution in [1.82, 2.24) is 0 Å². The summed E-state index contributed by atoms with van der Waals surface area (Å²) >= 11 is 0. The van der Waals surface area contributed by atoms with Gasteiger partial charge in [-0.3, -0.25) is 0 Å². The van der Waals surface area contributed by atoms with Crippen molar-refractivity contribution in [2.24, 2.45) is 4.99 Å². The van der Waals surface area contributed by atoms with Crippen molar-refractivity contribution in [3.8, 4) is 0 Å². The zero-order valence-corrected chi connectivity index (χ0v) is 7.80. The Morgan fingerprint density at radius 3 is 2.92 bits per heavy atom. The second kappa shape index (κ2) is 4.39. The van der Waals surface area contributed by atoms with Crippen molar-refractivity contribution in [2.75, 3.05) is 0 Å². The van der Waals surface area contributed by atoms with E-state index < -0.39 is 0 Å². The van der Waals surface area contributed by atoms with E-state index in [9.17, 15) is 0 Å². The minimum atomic E-state index is 1.02. The van der Waals surface area contributed by atoms with E-state index in [1.54, 1.807) is 5.97 Å². The molecule has 1 aliphatic heterocycles. The third kappa shape index (κ3) is 2.16. The van der Waals surface area contributed by atoms with Crippen LogP contribution in [-0.2, 0) is 0 Å². The summed E-state index contributed by atoms with van der Waals surface area (Å²) in [4.78, 5) is 4.45. The Bertz CT molecular complexity index is 276. The van der Waals surface area contributed by atoms with Gasteiger partial charge in [-0.25, -0.2) is 0 Å². The number of aliphatic imine (C=N–C) groups is 1. The number of hydrogen-bond acceptors (Lipinski definition) is 1. The van der Waals surface area contributed by atoms with Crippen molar-refractivity contribution >= 4 is 39.2 Å². The Kier molecular flexibility index (Phi) is 3.45. The van der Waals surface area contributed by atoms with Crippen LogP contribution in [0.2, 0.25) is 0 Å². The van der Waals surface area contributed by atoms with Crippen LogP contribution in [0, 0.1) is 0 Å². The Balaban J connectivity index is 2.67. The number of hydrogen-bond donors (Lipinski definition) is 0. The van der Waals surface area contributed by atoms with Gasteiger partial charge in [-0.1, -0.05) is 0 Å². The Labute approximate surface area is 76.2 Å². The molecular weight excluding hydrogens is 143 g/mol. The van der Waals surface area contributed by atoms with Gasteiger partial charge in [-0.05, 0) is 0 Å². The molecule has 0 aromatic rings. The SMILES string of the molecule is B=C/C=B\C1=C(C)N=C(CC)B1. The van der Waals surface area contributed by atoms with Gasteiger partial charge in [0.2, 0.25) is 0 Å². The van der Waals surface area contributed by atoms with Gasteiger partial charge in [0.1, 0.15) is 0 Å². The molecule has 0 radical (unpaired) electrons. The van der Waals surface area contributed by atoms with Crippen molar-refractivity contribution in [3.05, 3.63) is 11.1 Å². The number of allylic oxidation sites excluding steroid dienone is 1. The summed E-state index contributed by atoms with van der Waals surface area (Å²) < 4.78 is 0. The molecule has 0 spiro atoms. The van der Waals surface area contributed by atoms with E-state index in [1.165, 1.54) is 11.0 Å². The molecule has 0 unspecified atom stereocenters. The van der Waals surface area contributed by atoms with Crippen LogP contribution in [0.1, 0.15) is 20.3 Å². The molecule has 0 saturated heterocycles. The Morgan fingerprint density at radius 2 is 2.42 bits per heavy atom. The van der Waals surface area contributed by atoms with Crippen molar-refractivity contribution < 1.29 is 0 Å². The number of rotatable bonds is 3. The third-order valence-corrected chi connectivity index (χ3v) is 2.03. The van der Waals surface area contributed by atoms with E-state index in [-0.39, 0.29) is 0 Å². The van der Waals surface area contributed by atoms with E-state index in [0.29, 0.717) is 0 Å². The fraction of sp³-hybridized carbons (Fsp3) is 0.375. The predicted molar refractivity (Wildman–Crippen MR) is 62.6 cm³/mol. The first-order chi connectivity index (χ1) is 5.77. The average Bonchev–Trinajstić information content (AvgIpc) is 2.43. The minimum absolute atomic E-state index is 1.02. The predicted octanol–water partition coefficient (Wildman–Crippen LogP) is -0.357. The van der Waals surface area contributed by atoms with Crippen LogP contribution >= 0.6 is 0 Å². The molecule has 1 rings (SSSR count). The first kappa shape index (κ1) is 9.43. The van der Waals surface area contributed by atoms with Crippen LogP contribution in [0.15, 0.2) is 16.1 Å². The first-order valence-electron chi connectivity index (χ1n) is 4.33. The molecule has 0 N–H and O–H groups in total. The molecule has 4 heteroatoms. The van der Waals surface area contributed by atoms with Gasteiger partial charge in [-0.2, -0.15) is 0 Å². The molecule has 0 aliphatic carbocycles. The summed E-state index contributed by atoms with van der Waals surface area (Å²) in [7, 11) is 4.66. The maximum atomic E-state index is 4.45. The fourth-order valence-corrected chi connectivity index (χ4v) is 1.26. The second-order valence-electron chi connectivity index (χ2n) is 2.91. The molecular formula is C8H12B3N. The molecule has 0 atom stereocenters. The quantitative estimate of drug-likeness (QED) is 0.493. The van der Waals surface area contributed by atoms with E-state index in [1.807, 2.05) is 5.97 Å². The van der Waals surface area contributed by atoms with Crippen LogP contribution in [0.3, 0.4) is 0 Å². The molecule has 0 amide bonds. The summed E-state index contributed by atoms with van der Waals surface area (Å²) in [6.07, 6.45) is 1.06. The van der Waals surface area contributed by atoms with E-state index in [2.05, 4.69) is 33.2 Å². The molecule has 0 aromatic carbocycles. The molecule has 0 saturated carbocycles. The van der Waals surface area contributed by atoms with Gasteiger partial charge in [0.15, 0.2) is 0 Å². The van der Waals surface area contributed by atoms with Crippen LogP contribution < -0.4 is 0 Å². The van der Waals surface area contributed by atoms with Crippen molar-refractivity contribution in [3.63, 3.8) is 0 Å². The van der Waals surface area contributed by atoms with Gasteiger partial charge in [0, 0.05) is 0 Å². The molecule has 58 valence electrons. The molecule has 0 fully saturated rings. The van der Waals surface area contributed by atoms with E-state index in [0.717, 1.165) is 19.4 Å². The molecule has 0 aromatic heterocycles. The van der Waals surface area contributed by atoms with Crippen LogP contribution in [0.5, 0.6) is 0 Å². The molecule has 12 heavy (non-hydrogen) atoms. The van der Waals surface area contributed by atoms with Gasteiger partial charge >= 0.3 is 75.6 Å². The second-order valence-corrected chi connectivity index (χ2v) is 2.91. The van der Waals surface area contributed by atoms with Gasteiger partial charge in [0.25, 0.3) is 0 Å².